The van der Waals surface area contributed by atoms with Crippen LogP contribution in [-0.4, -0.2) is 6.61 Å². The first-order valence-corrected chi connectivity index (χ1v) is 7.14. The van der Waals surface area contributed by atoms with Gasteiger partial charge < -0.3 is 15.8 Å². The maximum absolute atomic E-state index is 12.9. The highest BCUT2D eigenvalue weighted by Crippen LogP contribution is 2.28. The van der Waals surface area contributed by atoms with Crippen molar-refractivity contribution in [3.63, 3.8) is 0 Å². The maximum Gasteiger partial charge on any atom is 0.144 e. The maximum atomic E-state index is 12.9. The molecule has 0 aliphatic heterocycles. The van der Waals surface area contributed by atoms with Crippen LogP contribution in [0, 0.1) is 5.82 Å². The first kappa shape index (κ1) is 15.2. The summed E-state index contributed by atoms with van der Waals surface area (Å²) in [6.07, 6.45) is 0.934. The molecule has 2 aromatic carbocycles. The summed E-state index contributed by atoms with van der Waals surface area (Å²) in [4.78, 5) is 0. The minimum absolute atomic E-state index is 0.0632. The quantitative estimate of drug-likeness (QED) is 0.776. The van der Waals surface area contributed by atoms with Gasteiger partial charge in [-0.05, 0) is 43.2 Å². The molecule has 0 aliphatic rings. The lowest BCUT2D eigenvalue weighted by atomic mass is 10.1. The standard InChI is InChI=1S/C17H21FN2O/c1-3-10-21-17-11-15(8-9-16(17)19)20-12(2)13-4-6-14(18)7-5-13/h4-9,11-12,20H,3,10,19H2,1-2H3. The minimum atomic E-state index is -0.228. The number of anilines is 2. The van der Waals surface area contributed by atoms with Crippen LogP contribution in [-0.2, 0) is 0 Å². The van der Waals surface area contributed by atoms with E-state index < -0.39 is 0 Å². The van der Waals surface area contributed by atoms with Crippen LogP contribution in [0.2, 0.25) is 0 Å². The molecule has 0 radical (unpaired) electrons. The fourth-order valence-electron chi connectivity index (χ4n) is 2.05. The monoisotopic (exact) mass is 288 g/mol. The van der Waals surface area contributed by atoms with E-state index in [1.54, 1.807) is 12.1 Å². The number of benzene rings is 2. The van der Waals surface area contributed by atoms with Crippen molar-refractivity contribution < 1.29 is 9.13 Å². The minimum Gasteiger partial charge on any atom is -0.491 e. The van der Waals surface area contributed by atoms with Crippen LogP contribution in [0.25, 0.3) is 0 Å². The molecule has 2 rings (SSSR count). The third-order valence-electron chi connectivity index (χ3n) is 3.23. The van der Waals surface area contributed by atoms with Crippen molar-refractivity contribution in [3.8, 4) is 5.75 Å². The summed E-state index contributed by atoms with van der Waals surface area (Å²) in [7, 11) is 0. The van der Waals surface area contributed by atoms with Gasteiger partial charge in [0.05, 0.1) is 12.3 Å². The Morgan fingerprint density at radius 2 is 1.90 bits per heavy atom. The average Bonchev–Trinajstić information content (AvgIpc) is 2.48. The van der Waals surface area contributed by atoms with Gasteiger partial charge in [0.2, 0.25) is 0 Å². The molecular weight excluding hydrogens is 267 g/mol. The fraction of sp³-hybridized carbons (Fsp3) is 0.294. The lowest BCUT2D eigenvalue weighted by Crippen LogP contribution is -2.07. The van der Waals surface area contributed by atoms with Crippen LogP contribution in [0.3, 0.4) is 0 Å². The molecule has 0 saturated carbocycles. The second kappa shape index (κ2) is 6.97. The zero-order chi connectivity index (χ0) is 15.2. The molecule has 4 heteroatoms. The van der Waals surface area contributed by atoms with Crippen molar-refractivity contribution in [1.29, 1.82) is 0 Å². The van der Waals surface area contributed by atoms with Gasteiger partial charge in [-0.15, -0.1) is 0 Å². The molecule has 0 heterocycles. The SMILES string of the molecule is CCCOc1cc(NC(C)c2ccc(F)cc2)ccc1N. The second-order valence-electron chi connectivity index (χ2n) is 5.02. The number of hydrogen-bond donors (Lipinski definition) is 2. The number of nitrogens with two attached hydrogens (primary N) is 1. The Hall–Kier alpha value is -2.23. The Morgan fingerprint density at radius 3 is 2.57 bits per heavy atom. The van der Waals surface area contributed by atoms with E-state index in [1.807, 2.05) is 25.1 Å². The number of nitrogen functional groups attached to an aromatic ring is 1. The van der Waals surface area contributed by atoms with Gasteiger partial charge in [-0.2, -0.15) is 0 Å². The number of halogens is 1. The predicted molar refractivity (Wildman–Crippen MR) is 85.1 cm³/mol. The van der Waals surface area contributed by atoms with Gasteiger partial charge in [-0.3, -0.25) is 0 Å². The van der Waals surface area contributed by atoms with E-state index >= 15 is 0 Å². The van der Waals surface area contributed by atoms with Gasteiger partial charge in [-0.25, -0.2) is 4.39 Å². The highest BCUT2D eigenvalue weighted by Gasteiger charge is 2.07. The van der Waals surface area contributed by atoms with Crippen LogP contribution in [0.1, 0.15) is 31.9 Å². The summed E-state index contributed by atoms with van der Waals surface area (Å²) in [5, 5.41) is 3.36. The summed E-state index contributed by atoms with van der Waals surface area (Å²) >= 11 is 0. The molecule has 0 bridgehead atoms. The molecule has 0 aliphatic carbocycles. The molecule has 0 amide bonds. The van der Waals surface area contributed by atoms with Gasteiger partial charge >= 0.3 is 0 Å². The third kappa shape index (κ3) is 4.12. The Bertz CT molecular complexity index is 584. The largest absolute Gasteiger partial charge is 0.491 e. The number of nitrogens with one attached hydrogen (secondary N) is 1. The fourth-order valence-corrected chi connectivity index (χ4v) is 2.05. The van der Waals surface area contributed by atoms with Crippen LogP contribution >= 0.6 is 0 Å². The number of ether oxygens (including phenoxy) is 1. The van der Waals surface area contributed by atoms with Crippen LogP contribution in [0.4, 0.5) is 15.8 Å². The van der Waals surface area contributed by atoms with Crippen molar-refractivity contribution in [2.75, 3.05) is 17.7 Å². The zero-order valence-corrected chi connectivity index (χ0v) is 12.4. The molecular formula is C17H21FN2O. The molecule has 1 unspecified atom stereocenters. The van der Waals surface area contributed by atoms with Crippen LogP contribution in [0.15, 0.2) is 42.5 Å². The molecule has 1 atom stereocenters. The average molecular weight is 288 g/mol. The van der Waals surface area contributed by atoms with Gasteiger partial charge in [0.1, 0.15) is 11.6 Å². The summed E-state index contributed by atoms with van der Waals surface area (Å²) < 4.78 is 18.6. The Labute approximate surface area is 124 Å². The first-order chi connectivity index (χ1) is 10.1. The zero-order valence-electron chi connectivity index (χ0n) is 12.4. The lowest BCUT2D eigenvalue weighted by molar-refractivity contribution is 0.319. The van der Waals surface area contributed by atoms with Crippen molar-refractivity contribution in [1.82, 2.24) is 0 Å². The second-order valence-corrected chi connectivity index (χ2v) is 5.02. The van der Waals surface area contributed by atoms with Crippen LogP contribution in [0.5, 0.6) is 5.75 Å². The molecule has 21 heavy (non-hydrogen) atoms. The van der Waals surface area contributed by atoms with Crippen molar-refractivity contribution >= 4 is 11.4 Å². The highest BCUT2D eigenvalue weighted by molar-refractivity contribution is 5.61. The predicted octanol–water partition coefficient (Wildman–Crippen LogP) is 4.37. The topological polar surface area (TPSA) is 47.3 Å². The van der Waals surface area contributed by atoms with Crippen molar-refractivity contribution in [3.05, 3.63) is 53.8 Å². The molecule has 112 valence electrons. The molecule has 0 saturated heterocycles. The number of rotatable bonds is 6. The van der Waals surface area contributed by atoms with Crippen molar-refractivity contribution in [2.45, 2.75) is 26.3 Å². The normalized spacial score (nSPS) is 12.0. The van der Waals surface area contributed by atoms with E-state index in [2.05, 4.69) is 12.2 Å². The molecule has 2 aromatic rings. The molecule has 0 spiro atoms. The van der Waals surface area contributed by atoms with Gasteiger partial charge in [0.15, 0.2) is 0 Å². The van der Waals surface area contributed by atoms with Gasteiger partial charge in [0.25, 0.3) is 0 Å². The smallest absolute Gasteiger partial charge is 0.144 e. The lowest BCUT2D eigenvalue weighted by Gasteiger charge is -2.17. The summed E-state index contributed by atoms with van der Waals surface area (Å²) in [6.45, 7) is 4.71. The Morgan fingerprint density at radius 1 is 1.19 bits per heavy atom. The molecule has 3 N–H and O–H groups in total. The summed E-state index contributed by atoms with van der Waals surface area (Å²) in [5.41, 5.74) is 8.46. The van der Waals surface area contributed by atoms with E-state index in [0.717, 1.165) is 17.7 Å². The third-order valence-corrected chi connectivity index (χ3v) is 3.23. The van der Waals surface area contributed by atoms with E-state index in [0.29, 0.717) is 18.0 Å². The summed E-state index contributed by atoms with van der Waals surface area (Å²) in [5.74, 6) is 0.460. The molecule has 3 nitrogen and oxygen atoms in total. The number of hydrogen-bond acceptors (Lipinski definition) is 3. The van der Waals surface area contributed by atoms with E-state index in [4.69, 9.17) is 10.5 Å². The molecule has 0 fully saturated rings. The highest BCUT2D eigenvalue weighted by atomic mass is 19.1. The van der Waals surface area contributed by atoms with Gasteiger partial charge in [-0.1, -0.05) is 19.1 Å². The van der Waals surface area contributed by atoms with E-state index in [1.165, 1.54) is 12.1 Å². The van der Waals surface area contributed by atoms with Crippen LogP contribution < -0.4 is 15.8 Å². The van der Waals surface area contributed by atoms with Gasteiger partial charge in [0, 0.05) is 17.8 Å². The van der Waals surface area contributed by atoms with Crippen molar-refractivity contribution in [2.24, 2.45) is 0 Å². The van der Waals surface area contributed by atoms with E-state index in [-0.39, 0.29) is 11.9 Å². The Kier molecular flexibility index (Phi) is 5.04. The Balaban J connectivity index is 2.09. The first-order valence-electron chi connectivity index (χ1n) is 7.14. The molecule has 0 aromatic heterocycles. The van der Waals surface area contributed by atoms with E-state index in [9.17, 15) is 4.39 Å². The summed E-state index contributed by atoms with van der Waals surface area (Å²) in [6, 6.07) is 12.2.